The first-order valence-corrected chi connectivity index (χ1v) is 5.85. The second kappa shape index (κ2) is 4.72. The van der Waals surface area contributed by atoms with E-state index < -0.39 is 11.5 Å². The van der Waals surface area contributed by atoms with Gasteiger partial charge in [0.1, 0.15) is 11.3 Å². The molecule has 0 radical (unpaired) electrons. The number of carbonyl (C=O) groups excluding carboxylic acids is 1. The lowest BCUT2D eigenvalue weighted by atomic mass is 10.0. The van der Waals surface area contributed by atoms with Crippen LogP contribution < -0.4 is 5.32 Å². The average molecular weight is 261 g/mol. The molecule has 6 nitrogen and oxygen atoms in total. The van der Waals surface area contributed by atoms with Gasteiger partial charge in [0, 0.05) is 17.9 Å². The van der Waals surface area contributed by atoms with Crippen LogP contribution in [-0.4, -0.2) is 31.9 Å². The zero-order chi connectivity index (χ0) is 14.0. The lowest BCUT2D eigenvalue weighted by molar-refractivity contribution is -0.138. The molecule has 2 heterocycles. The van der Waals surface area contributed by atoms with Gasteiger partial charge in [0.05, 0.1) is 6.42 Å². The van der Waals surface area contributed by atoms with Crippen molar-refractivity contribution in [2.75, 3.05) is 0 Å². The van der Waals surface area contributed by atoms with Crippen LogP contribution in [0.2, 0.25) is 0 Å². The summed E-state index contributed by atoms with van der Waals surface area (Å²) < 4.78 is 1.74. The third-order valence-electron chi connectivity index (χ3n) is 2.64. The Labute approximate surface area is 110 Å². The van der Waals surface area contributed by atoms with Crippen molar-refractivity contribution in [2.24, 2.45) is 0 Å². The molecule has 6 heteroatoms. The van der Waals surface area contributed by atoms with E-state index >= 15 is 0 Å². The number of pyridine rings is 1. The molecule has 0 saturated carbocycles. The van der Waals surface area contributed by atoms with Crippen LogP contribution in [0.25, 0.3) is 5.65 Å². The maximum atomic E-state index is 12.0. The quantitative estimate of drug-likeness (QED) is 0.869. The highest BCUT2D eigenvalue weighted by molar-refractivity contribution is 5.93. The van der Waals surface area contributed by atoms with Crippen molar-refractivity contribution in [1.82, 2.24) is 14.7 Å². The smallest absolute Gasteiger partial charge is 0.305 e. The van der Waals surface area contributed by atoms with Gasteiger partial charge in [0.25, 0.3) is 5.91 Å². The number of rotatable bonds is 4. The van der Waals surface area contributed by atoms with Crippen LogP contribution in [-0.2, 0) is 4.79 Å². The Morgan fingerprint density at radius 3 is 2.79 bits per heavy atom. The normalized spacial score (nSPS) is 11.5. The first-order valence-electron chi connectivity index (χ1n) is 5.85. The molecule has 0 atom stereocenters. The minimum absolute atomic E-state index is 0.147. The molecule has 0 spiro atoms. The lowest BCUT2D eigenvalue weighted by Gasteiger charge is -2.23. The van der Waals surface area contributed by atoms with Crippen molar-refractivity contribution in [3.63, 3.8) is 0 Å². The molecule has 0 aliphatic heterocycles. The number of hydrogen-bond acceptors (Lipinski definition) is 3. The SMILES string of the molecule is CC(C)(CC(=O)O)NC(=O)c1cn2ccccc2n1. The number of carbonyl (C=O) groups is 2. The standard InChI is InChI=1S/C13H15N3O3/c1-13(2,7-11(17)18)15-12(19)9-8-16-6-4-3-5-10(16)14-9/h3-6,8H,7H2,1-2H3,(H,15,19)(H,17,18). The summed E-state index contributed by atoms with van der Waals surface area (Å²) >= 11 is 0. The minimum atomic E-state index is -0.958. The van der Waals surface area contributed by atoms with Gasteiger partial charge >= 0.3 is 5.97 Å². The predicted molar refractivity (Wildman–Crippen MR) is 69.0 cm³/mol. The Balaban J connectivity index is 2.17. The van der Waals surface area contributed by atoms with E-state index in [1.54, 1.807) is 36.7 Å². The van der Waals surface area contributed by atoms with Crippen LogP contribution in [0.1, 0.15) is 30.8 Å². The van der Waals surface area contributed by atoms with E-state index in [1.165, 1.54) is 0 Å². The van der Waals surface area contributed by atoms with E-state index in [-0.39, 0.29) is 18.0 Å². The second-order valence-electron chi connectivity index (χ2n) is 5.00. The molecular weight excluding hydrogens is 246 g/mol. The van der Waals surface area contributed by atoms with Crippen LogP contribution >= 0.6 is 0 Å². The van der Waals surface area contributed by atoms with Crippen molar-refractivity contribution >= 4 is 17.5 Å². The fraction of sp³-hybridized carbons (Fsp3) is 0.308. The van der Waals surface area contributed by atoms with Crippen molar-refractivity contribution < 1.29 is 14.7 Å². The number of nitrogens with zero attached hydrogens (tertiary/aromatic N) is 2. The molecule has 2 N–H and O–H groups in total. The molecule has 0 saturated heterocycles. The van der Waals surface area contributed by atoms with Crippen LogP contribution in [0.3, 0.4) is 0 Å². The molecule has 2 rings (SSSR count). The molecule has 19 heavy (non-hydrogen) atoms. The van der Waals surface area contributed by atoms with E-state index in [1.807, 2.05) is 12.1 Å². The summed E-state index contributed by atoms with van der Waals surface area (Å²) in [5, 5.41) is 11.4. The summed E-state index contributed by atoms with van der Waals surface area (Å²) in [5.41, 5.74) is 0.118. The van der Waals surface area contributed by atoms with E-state index in [0.29, 0.717) is 5.65 Å². The molecule has 0 unspecified atom stereocenters. The Morgan fingerprint density at radius 1 is 1.42 bits per heavy atom. The number of amides is 1. The molecule has 100 valence electrons. The maximum Gasteiger partial charge on any atom is 0.305 e. The highest BCUT2D eigenvalue weighted by Crippen LogP contribution is 2.11. The van der Waals surface area contributed by atoms with Gasteiger partial charge in [-0.3, -0.25) is 9.59 Å². The molecule has 0 fully saturated rings. The van der Waals surface area contributed by atoms with Gasteiger partial charge in [-0.25, -0.2) is 4.98 Å². The van der Waals surface area contributed by atoms with Crippen LogP contribution in [0.5, 0.6) is 0 Å². The van der Waals surface area contributed by atoms with Crippen molar-refractivity contribution in [1.29, 1.82) is 0 Å². The molecule has 1 amide bonds. The lowest BCUT2D eigenvalue weighted by Crippen LogP contribution is -2.45. The van der Waals surface area contributed by atoms with Gasteiger partial charge < -0.3 is 14.8 Å². The number of nitrogens with one attached hydrogen (secondary N) is 1. The Bertz CT molecular complexity index is 598. The summed E-state index contributed by atoms with van der Waals surface area (Å²) in [6.07, 6.45) is 3.26. The molecule has 0 aliphatic rings. The number of imidazole rings is 1. The zero-order valence-corrected chi connectivity index (χ0v) is 10.8. The van der Waals surface area contributed by atoms with Crippen molar-refractivity contribution in [2.45, 2.75) is 25.8 Å². The summed E-state index contributed by atoms with van der Waals surface area (Å²) in [6, 6.07) is 5.46. The Kier molecular flexibility index (Phi) is 3.25. The van der Waals surface area contributed by atoms with Gasteiger partial charge in [-0.2, -0.15) is 0 Å². The van der Waals surface area contributed by atoms with Crippen LogP contribution in [0.15, 0.2) is 30.6 Å². The number of fused-ring (bicyclic) bond motifs is 1. The first kappa shape index (κ1) is 13.1. The van der Waals surface area contributed by atoms with Crippen molar-refractivity contribution in [3.05, 3.63) is 36.3 Å². The molecule has 2 aromatic rings. The van der Waals surface area contributed by atoms with Gasteiger partial charge in [-0.1, -0.05) is 6.07 Å². The highest BCUT2D eigenvalue weighted by Gasteiger charge is 2.25. The van der Waals surface area contributed by atoms with E-state index in [0.717, 1.165) is 0 Å². The van der Waals surface area contributed by atoms with Crippen LogP contribution in [0.4, 0.5) is 0 Å². The summed E-state index contributed by atoms with van der Waals surface area (Å²) in [6.45, 7) is 3.32. The minimum Gasteiger partial charge on any atom is -0.481 e. The van der Waals surface area contributed by atoms with E-state index in [4.69, 9.17) is 5.11 Å². The second-order valence-corrected chi connectivity index (χ2v) is 5.00. The topological polar surface area (TPSA) is 83.7 Å². The summed E-state index contributed by atoms with van der Waals surface area (Å²) in [7, 11) is 0. The number of carboxylic acids is 1. The number of aromatic nitrogens is 2. The van der Waals surface area contributed by atoms with Gasteiger partial charge in [-0.05, 0) is 26.0 Å². The van der Waals surface area contributed by atoms with E-state index in [2.05, 4.69) is 10.3 Å². The first-order chi connectivity index (χ1) is 8.87. The third-order valence-corrected chi connectivity index (χ3v) is 2.64. The third kappa shape index (κ3) is 3.09. The summed E-state index contributed by atoms with van der Waals surface area (Å²) in [5.74, 6) is -1.34. The zero-order valence-electron chi connectivity index (χ0n) is 10.8. The Hall–Kier alpha value is -2.37. The van der Waals surface area contributed by atoms with Crippen LogP contribution in [0, 0.1) is 0 Å². The predicted octanol–water partition coefficient (Wildman–Crippen LogP) is 1.32. The van der Waals surface area contributed by atoms with Crippen molar-refractivity contribution in [3.8, 4) is 0 Å². The molecule has 2 aromatic heterocycles. The number of aliphatic carboxylic acids is 1. The molecule has 0 bridgehead atoms. The fourth-order valence-corrected chi connectivity index (χ4v) is 1.84. The maximum absolute atomic E-state index is 12.0. The largest absolute Gasteiger partial charge is 0.481 e. The number of hydrogen-bond donors (Lipinski definition) is 2. The van der Waals surface area contributed by atoms with Gasteiger partial charge in [0.2, 0.25) is 0 Å². The molecule has 0 aromatic carbocycles. The average Bonchev–Trinajstić information content (AvgIpc) is 2.69. The molecule has 0 aliphatic carbocycles. The fourth-order valence-electron chi connectivity index (χ4n) is 1.84. The molecular formula is C13H15N3O3. The van der Waals surface area contributed by atoms with E-state index in [9.17, 15) is 9.59 Å². The summed E-state index contributed by atoms with van der Waals surface area (Å²) in [4.78, 5) is 26.9. The van der Waals surface area contributed by atoms with Gasteiger partial charge in [-0.15, -0.1) is 0 Å². The monoisotopic (exact) mass is 261 g/mol. The van der Waals surface area contributed by atoms with Gasteiger partial charge in [0.15, 0.2) is 0 Å². The Morgan fingerprint density at radius 2 is 2.16 bits per heavy atom. The number of carboxylic acid groups (broad SMARTS) is 1. The highest BCUT2D eigenvalue weighted by atomic mass is 16.4.